The minimum absolute atomic E-state index is 0.401. The first-order valence-corrected chi connectivity index (χ1v) is 6.99. The zero-order chi connectivity index (χ0) is 14.8. The van der Waals surface area contributed by atoms with E-state index in [1.54, 1.807) is 0 Å². The first-order chi connectivity index (χ1) is 10.1. The third-order valence-corrected chi connectivity index (χ3v) is 3.85. The fourth-order valence-corrected chi connectivity index (χ4v) is 2.66. The van der Waals surface area contributed by atoms with Gasteiger partial charge in [-0.15, -0.1) is 0 Å². The zero-order valence-corrected chi connectivity index (χ0v) is 11.6. The topological polar surface area (TPSA) is 84.9 Å². The number of fused-ring (bicyclic) bond motifs is 1. The van der Waals surface area contributed by atoms with Crippen LogP contribution in [0, 0.1) is 0 Å². The van der Waals surface area contributed by atoms with Gasteiger partial charge in [0.15, 0.2) is 0 Å². The monoisotopic (exact) mass is 290 g/mol. The van der Waals surface area contributed by atoms with Gasteiger partial charge in [0, 0.05) is 19.6 Å². The Balaban J connectivity index is 1.54. The van der Waals surface area contributed by atoms with E-state index < -0.39 is 18.2 Å². The molecule has 21 heavy (non-hydrogen) atoms. The SMILES string of the molecule is O=C1NC(=O)N(CCN2CCc3ccccc3C2)NC1O. The average Bonchev–Trinajstić information content (AvgIpc) is 2.49. The normalized spacial score (nSPS) is 22.9. The molecule has 1 unspecified atom stereocenters. The Labute approximate surface area is 122 Å². The molecular weight excluding hydrogens is 272 g/mol. The minimum Gasteiger partial charge on any atom is -0.369 e. The molecule has 2 aliphatic heterocycles. The van der Waals surface area contributed by atoms with Gasteiger partial charge >= 0.3 is 6.03 Å². The molecule has 3 rings (SSSR count). The number of nitrogens with one attached hydrogen (secondary N) is 2. The van der Waals surface area contributed by atoms with Crippen LogP contribution >= 0.6 is 0 Å². The summed E-state index contributed by atoms with van der Waals surface area (Å²) in [6.07, 6.45) is -0.374. The highest BCUT2D eigenvalue weighted by Crippen LogP contribution is 2.18. The number of hydrogen-bond donors (Lipinski definition) is 3. The van der Waals surface area contributed by atoms with Crippen LogP contribution in [-0.4, -0.2) is 52.8 Å². The summed E-state index contributed by atoms with van der Waals surface area (Å²) in [6.45, 7) is 2.87. The molecule has 0 aromatic heterocycles. The molecule has 1 fully saturated rings. The first-order valence-electron chi connectivity index (χ1n) is 6.99. The van der Waals surface area contributed by atoms with E-state index in [9.17, 15) is 14.7 Å². The van der Waals surface area contributed by atoms with Crippen LogP contribution in [0.2, 0.25) is 0 Å². The lowest BCUT2D eigenvalue weighted by atomic mass is 10.00. The molecule has 0 radical (unpaired) electrons. The van der Waals surface area contributed by atoms with Gasteiger partial charge in [-0.25, -0.2) is 4.79 Å². The molecule has 1 saturated heterocycles. The molecule has 1 aromatic carbocycles. The van der Waals surface area contributed by atoms with E-state index in [4.69, 9.17) is 0 Å². The number of imide groups is 1. The summed E-state index contributed by atoms with van der Waals surface area (Å²) < 4.78 is 0. The molecule has 2 heterocycles. The minimum atomic E-state index is -1.37. The number of aliphatic hydroxyl groups is 1. The zero-order valence-electron chi connectivity index (χ0n) is 11.6. The molecule has 0 saturated carbocycles. The lowest BCUT2D eigenvalue weighted by molar-refractivity contribution is -0.135. The number of urea groups is 1. The molecule has 0 aliphatic carbocycles. The lowest BCUT2D eigenvalue weighted by Crippen LogP contribution is -2.65. The second-order valence-electron chi connectivity index (χ2n) is 5.27. The predicted molar refractivity (Wildman–Crippen MR) is 74.8 cm³/mol. The summed E-state index contributed by atoms with van der Waals surface area (Å²) in [4.78, 5) is 25.0. The van der Waals surface area contributed by atoms with E-state index in [2.05, 4.69) is 33.8 Å². The molecular formula is C14H18N4O3. The van der Waals surface area contributed by atoms with Crippen LogP contribution in [0.15, 0.2) is 24.3 Å². The van der Waals surface area contributed by atoms with E-state index >= 15 is 0 Å². The number of hydrogen-bond acceptors (Lipinski definition) is 5. The third-order valence-electron chi connectivity index (χ3n) is 3.85. The highest BCUT2D eigenvalue weighted by atomic mass is 16.3. The lowest BCUT2D eigenvalue weighted by Gasteiger charge is -2.34. The predicted octanol–water partition coefficient (Wildman–Crippen LogP) is -0.580. The molecule has 3 amide bonds. The Morgan fingerprint density at radius 3 is 2.76 bits per heavy atom. The number of aliphatic hydroxyl groups excluding tert-OH is 1. The van der Waals surface area contributed by atoms with Crippen LogP contribution in [-0.2, 0) is 17.8 Å². The first kappa shape index (κ1) is 14.0. The number of carbonyl (C=O) groups excluding carboxylic acids is 2. The van der Waals surface area contributed by atoms with Crippen molar-refractivity contribution in [1.29, 1.82) is 0 Å². The summed E-state index contributed by atoms with van der Waals surface area (Å²) in [5.41, 5.74) is 5.17. The fourth-order valence-electron chi connectivity index (χ4n) is 2.66. The average molecular weight is 290 g/mol. The van der Waals surface area contributed by atoms with Crippen molar-refractivity contribution >= 4 is 11.9 Å². The van der Waals surface area contributed by atoms with Crippen molar-refractivity contribution < 1.29 is 14.7 Å². The molecule has 2 aliphatic rings. The van der Waals surface area contributed by atoms with Gasteiger partial charge in [-0.2, -0.15) is 5.43 Å². The number of hydrazine groups is 1. The van der Waals surface area contributed by atoms with E-state index in [0.717, 1.165) is 19.5 Å². The summed E-state index contributed by atoms with van der Waals surface area (Å²) in [5.74, 6) is -0.719. The Bertz CT molecular complexity index is 563. The van der Waals surface area contributed by atoms with Crippen molar-refractivity contribution in [3.05, 3.63) is 35.4 Å². The maximum Gasteiger partial charge on any atom is 0.338 e. The largest absolute Gasteiger partial charge is 0.369 e. The second-order valence-corrected chi connectivity index (χ2v) is 5.27. The van der Waals surface area contributed by atoms with Gasteiger partial charge < -0.3 is 5.11 Å². The van der Waals surface area contributed by atoms with Gasteiger partial charge in [0.2, 0.25) is 6.23 Å². The highest BCUT2D eigenvalue weighted by molar-refractivity contribution is 5.98. The Kier molecular flexibility index (Phi) is 3.87. The molecule has 0 spiro atoms. The smallest absolute Gasteiger partial charge is 0.338 e. The maximum atomic E-state index is 11.6. The molecule has 112 valence electrons. The number of carbonyl (C=O) groups is 2. The van der Waals surface area contributed by atoms with Gasteiger partial charge in [0.1, 0.15) is 0 Å². The van der Waals surface area contributed by atoms with Crippen molar-refractivity contribution in [2.24, 2.45) is 0 Å². The quantitative estimate of drug-likeness (QED) is 0.693. The van der Waals surface area contributed by atoms with E-state index in [1.807, 2.05) is 6.07 Å². The molecule has 7 nitrogen and oxygen atoms in total. The molecule has 7 heteroatoms. The Morgan fingerprint density at radius 1 is 1.19 bits per heavy atom. The number of nitrogens with zero attached hydrogens (tertiary/aromatic N) is 2. The second kappa shape index (κ2) is 5.80. The number of rotatable bonds is 3. The summed E-state index contributed by atoms with van der Waals surface area (Å²) in [5, 5.41) is 12.7. The van der Waals surface area contributed by atoms with E-state index in [1.165, 1.54) is 16.1 Å². The van der Waals surface area contributed by atoms with Crippen LogP contribution in [0.5, 0.6) is 0 Å². The fraction of sp³-hybridized carbons (Fsp3) is 0.429. The van der Waals surface area contributed by atoms with Gasteiger partial charge in [0.05, 0.1) is 6.54 Å². The molecule has 1 atom stereocenters. The van der Waals surface area contributed by atoms with Crippen molar-refractivity contribution in [3.63, 3.8) is 0 Å². The number of amides is 3. The van der Waals surface area contributed by atoms with E-state index in [0.29, 0.717) is 13.1 Å². The highest BCUT2D eigenvalue weighted by Gasteiger charge is 2.30. The van der Waals surface area contributed by atoms with Gasteiger partial charge in [-0.05, 0) is 17.5 Å². The maximum absolute atomic E-state index is 11.6. The Morgan fingerprint density at radius 2 is 1.95 bits per heavy atom. The summed E-state index contributed by atoms with van der Waals surface area (Å²) >= 11 is 0. The van der Waals surface area contributed by atoms with Crippen LogP contribution < -0.4 is 10.7 Å². The Hall–Kier alpha value is -1.96. The summed E-state index contributed by atoms with van der Waals surface area (Å²) in [6, 6.07) is 7.82. The summed E-state index contributed by atoms with van der Waals surface area (Å²) in [7, 11) is 0. The van der Waals surface area contributed by atoms with Gasteiger partial charge in [-0.1, -0.05) is 24.3 Å². The van der Waals surface area contributed by atoms with Crippen molar-refractivity contribution in [2.45, 2.75) is 19.2 Å². The molecule has 0 bridgehead atoms. The number of benzene rings is 1. The van der Waals surface area contributed by atoms with Crippen molar-refractivity contribution in [2.75, 3.05) is 19.6 Å². The third kappa shape index (κ3) is 3.05. The van der Waals surface area contributed by atoms with Crippen LogP contribution in [0.3, 0.4) is 0 Å². The van der Waals surface area contributed by atoms with E-state index in [-0.39, 0.29) is 0 Å². The van der Waals surface area contributed by atoms with Crippen molar-refractivity contribution in [3.8, 4) is 0 Å². The molecule has 3 N–H and O–H groups in total. The van der Waals surface area contributed by atoms with Crippen LogP contribution in [0.1, 0.15) is 11.1 Å². The standard InChI is InChI=1S/C14H18N4O3/c19-12-13(20)16-18(14(21)15-12)8-7-17-6-5-10-3-1-2-4-11(10)9-17/h1-4,13,16,20H,5-9H2,(H,15,19,21). The molecule has 1 aromatic rings. The van der Waals surface area contributed by atoms with Gasteiger partial charge in [-0.3, -0.25) is 20.0 Å². The van der Waals surface area contributed by atoms with Gasteiger partial charge in [0.25, 0.3) is 5.91 Å². The van der Waals surface area contributed by atoms with Crippen molar-refractivity contribution in [1.82, 2.24) is 20.7 Å². The van der Waals surface area contributed by atoms with Crippen LogP contribution in [0.4, 0.5) is 4.79 Å². The van der Waals surface area contributed by atoms with Crippen LogP contribution in [0.25, 0.3) is 0 Å².